The summed E-state index contributed by atoms with van der Waals surface area (Å²) in [5.74, 6) is 0. The standard InChI is InChI=1S/C13H21NO/c1-3-11(2)14-10-9-13(15)12-7-5-4-6-8-12/h4-8,11,13-15H,3,9-10H2,1-2H3. The molecule has 2 nitrogen and oxygen atoms in total. The highest BCUT2D eigenvalue weighted by molar-refractivity contribution is 5.17. The van der Waals surface area contributed by atoms with Crippen LogP contribution in [0.3, 0.4) is 0 Å². The summed E-state index contributed by atoms with van der Waals surface area (Å²) in [7, 11) is 0. The lowest BCUT2D eigenvalue weighted by atomic mass is 10.1. The molecular weight excluding hydrogens is 186 g/mol. The highest BCUT2D eigenvalue weighted by atomic mass is 16.3. The van der Waals surface area contributed by atoms with Gasteiger partial charge in [0.15, 0.2) is 0 Å². The van der Waals surface area contributed by atoms with Gasteiger partial charge in [0.1, 0.15) is 0 Å². The number of hydrogen-bond acceptors (Lipinski definition) is 2. The van der Waals surface area contributed by atoms with Crippen LogP contribution in [0.1, 0.15) is 38.4 Å². The van der Waals surface area contributed by atoms with Gasteiger partial charge in [0.25, 0.3) is 0 Å². The summed E-state index contributed by atoms with van der Waals surface area (Å²) >= 11 is 0. The Bertz CT molecular complexity index is 260. The molecule has 0 saturated heterocycles. The number of aliphatic hydroxyl groups excluding tert-OH is 1. The molecule has 0 spiro atoms. The van der Waals surface area contributed by atoms with Crippen molar-refractivity contribution < 1.29 is 5.11 Å². The van der Waals surface area contributed by atoms with Crippen LogP contribution in [0.15, 0.2) is 30.3 Å². The molecule has 0 aromatic heterocycles. The maximum Gasteiger partial charge on any atom is 0.0802 e. The third-order valence-corrected chi connectivity index (χ3v) is 2.71. The minimum absolute atomic E-state index is 0.345. The van der Waals surface area contributed by atoms with Crippen molar-refractivity contribution in [2.45, 2.75) is 38.8 Å². The van der Waals surface area contributed by atoms with Crippen molar-refractivity contribution in [1.82, 2.24) is 5.32 Å². The number of hydrogen-bond donors (Lipinski definition) is 2. The molecule has 2 atom stereocenters. The number of rotatable bonds is 6. The Kier molecular flexibility index (Phi) is 5.37. The van der Waals surface area contributed by atoms with Gasteiger partial charge in [-0.25, -0.2) is 0 Å². The lowest BCUT2D eigenvalue weighted by Crippen LogP contribution is -2.27. The van der Waals surface area contributed by atoms with Gasteiger partial charge < -0.3 is 10.4 Å². The summed E-state index contributed by atoms with van der Waals surface area (Å²) in [6.45, 7) is 5.19. The molecular formula is C13H21NO. The fourth-order valence-electron chi connectivity index (χ4n) is 1.45. The Balaban J connectivity index is 2.28. The summed E-state index contributed by atoms with van der Waals surface area (Å²) in [4.78, 5) is 0. The predicted molar refractivity (Wildman–Crippen MR) is 63.8 cm³/mol. The van der Waals surface area contributed by atoms with E-state index in [0.29, 0.717) is 6.04 Å². The van der Waals surface area contributed by atoms with Crippen LogP contribution in [-0.4, -0.2) is 17.7 Å². The molecule has 0 radical (unpaired) electrons. The Morgan fingerprint density at radius 3 is 2.53 bits per heavy atom. The molecule has 2 heteroatoms. The summed E-state index contributed by atoms with van der Waals surface area (Å²) in [5.41, 5.74) is 1.00. The van der Waals surface area contributed by atoms with E-state index in [4.69, 9.17) is 0 Å². The topological polar surface area (TPSA) is 32.3 Å². The Labute approximate surface area is 92.3 Å². The lowest BCUT2D eigenvalue weighted by molar-refractivity contribution is 0.165. The first-order valence-electron chi connectivity index (χ1n) is 5.70. The van der Waals surface area contributed by atoms with Crippen molar-refractivity contribution in [2.75, 3.05) is 6.54 Å². The molecule has 2 N–H and O–H groups in total. The smallest absolute Gasteiger partial charge is 0.0802 e. The second-order valence-electron chi connectivity index (χ2n) is 3.98. The van der Waals surface area contributed by atoms with Crippen molar-refractivity contribution in [2.24, 2.45) is 0 Å². The van der Waals surface area contributed by atoms with Gasteiger partial charge in [0, 0.05) is 6.04 Å². The van der Waals surface area contributed by atoms with E-state index in [0.717, 1.165) is 24.9 Å². The molecule has 1 aromatic rings. The van der Waals surface area contributed by atoms with Crippen LogP contribution in [0.4, 0.5) is 0 Å². The molecule has 0 amide bonds. The third kappa shape index (κ3) is 4.45. The van der Waals surface area contributed by atoms with Crippen molar-refractivity contribution >= 4 is 0 Å². The van der Waals surface area contributed by atoms with Crippen molar-refractivity contribution in [3.8, 4) is 0 Å². The summed E-state index contributed by atoms with van der Waals surface area (Å²) < 4.78 is 0. The Morgan fingerprint density at radius 2 is 1.93 bits per heavy atom. The fraction of sp³-hybridized carbons (Fsp3) is 0.538. The zero-order valence-electron chi connectivity index (χ0n) is 9.61. The molecule has 0 aliphatic carbocycles. The van der Waals surface area contributed by atoms with Crippen LogP contribution in [0.25, 0.3) is 0 Å². The number of nitrogens with one attached hydrogen (secondary N) is 1. The minimum Gasteiger partial charge on any atom is -0.388 e. The van der Waals surface area contributed by atoms with E-state index in [-0.39, 0.29) is 6.10 Å². The van der Waals surface area contributed by atoms with Crippen LogP contribution in [0, 0.1) is 0 Å². The van der Waals surface area contributed by atoms with E-state index in [9.17, 15) is 5.11 Å². The molecule has 15 heavy (non-hydrogen) atoms. The Hall–Kier alpha value is -0.860. The highest BCUT2D eigenvalue weighted by Crippen LogP contribution is 2.14. The van der Waals surface area contributed by atoms with Gasteiger partial charge in [-0.05, 0) is 31.9 Å². The van der Waals surface area contributed by atoms with Gasteiger partial charge in [0.05, 0.1) is 6.10 Å². The van der Waals surface area contributed by atoms with E-state index >= 15 is 0 Å². The maximum absolute atomic E-state index is 9.87. The SMILES string of the molecule is CCC(C)NCCC(O)c1ccccc1. The van der Waals surface area contributed by atoms with E-state index in [2.05, 4.69) is 19.2 Å². The van der Waals surface area contributed by atoms with Gasteiger partial charge in [-0.1, -0.05) is 37.3 Å². The zero-order chi connectivity index (χ0) is 11.1. The second-order valence-corrected chi connectivity index (χ2v) is 3.98. The lowest BCUT2D eigenvalue weighted by Gasteiger charge is -2.14. The molecule has 0 bridgehead atoms. The highest BCUT2D eigenvalue weighted by Gasteiger charge is 2.06. The number of aliphatic hydroxyl groups is 1. The molecule has 84 valence electrons. The average molecular weight is 207 g/mol. The van der Waals surface area contributed by atoms with E-state index < -0.39 is 0 Å². The van der Waals surface area contributed by atoms with E-state index in [1.807, 2.05) is 30.3 Å². The molecule has 1 rings (SSSR count). The summed E-state index contributed by atoms with van der Waals surface area (Å²) in [5, 5.41) is 13.2. The first-order valence-corrected chi connectivity index (χ1v) is 5.70. The zero-order valence-corrected chi connectivity index (χ0v) is 9.61. The molecule has 0 aliphatic heterocycles. The van der Waals surface area contributed by atoms with Gasteiger partial charge in [-0.15, -0.1) is 0 Å². The normalized spacial score (nSPS) is 14.9. The van der Waals surface area contributed by atoms with Crippen molar-refractivity contribution in [1.29, 1.82) is 0 Å². The molecule has 0 fully saturated rings. The minimum atomic E-state index is -0.345. The first-order chi connectivity index (χ1) is 7.24. The van der Waals surface area contributed by atoms with Crippen LogP contribution >= 0.6 is 0 Å². The van der Waals surface area contributed by atoms with E-state index in [1.54, 1.807) is 0 Å². The largest absolute Gasteiger partial charge is 0.388 e. The van der Waals surface area contributed by atoms with Crippen LogP contribution < -0.4 is 5.32 Å². The van der Waals surface area contributed by atoms with Crippen LogP contribution in [0.5, 0.6) is 0 Å². The third-order valence-electron chi connectivity index (χ3n) is 2.71. The summed E-state index contributed by atoms with van der Waals surface area (Å²) in [6.07, 6.45) is 1.55. The molecule has 2 unspecified atom stereocenters. The molecule has 0 heterocycles. The van der Waals surface area contributed by atoms with E-state index in [1.165, 1.54) is 0 Å². The van der Waals surface area contributed by atoms with Gasteiger partial charge in [-0.3, -0.25) is 0 Å². The average Bonchev–Trinajstić information content (AvgIpc) is 2.29. The van der Waals surface area contributed by atoms with Crippen molar-refractivity contribution in [3.63, 3.8) is 0 Å². The van der Waals surface area contributed by atoms with Gasteiger partial charge >= 0.3 is 0 Å². The predicted octanol–water partition coefficient (Wildman–Crippen LogP) is 2.50. The quantitative estimate of drug-likeness (QED) is 0.751. The van der Waals surface area contributed by atoms with Gasteiger partial charge in [-0.2, -0.15) is 0 Å². The molecule has 0 aliphatic rings. The summed E-state index contributed by atoms with van der Waals surface area (Å²) in [6, 6.07) is 10.4. The Morgan fingerprint density at radius 1 is 1.27 bits per heavy atom. The van der Waals surface area contributed by atoms with Gasteiger partial charge in [0.2, 0.25) is 0 Å². The van der Waals surface area contributed by atoms with Crippen molar-refractivity contribution in [3.05, 3.63) is 35.9 Å². The maximum atomic E-state index is 9.87. The monoisotopic (exact) mass is 207 g/mol. The second kappa shape index (κ2) is 6.59. The number of benzene rings is 1. The van der Waals surface area contributed by atoms with Crippen LogP contribution in [0.2, 0.25) is 0 Å². The molecule has 1 aromatic carbocycles. The fourth-order valence-corrected chi connectivity index (χ4v) is 1.45. The molecule has 0 saturated carbocycles. The van der Waals surface area contributed by atoms with Crippen LogP contribution in [-0.2, 0) is 0 Å². The first kappa shape index (κ1) is 12.2.